The molecule has 4 aliphatic heterocycles. The summed E-state index contributed by atoms with van der Waals surface area (Å²) in [6.07, 6.45) is 0. The van der Waals surface area contributed by atoms with Gasteiger partial charge in [-0.2, -0.15) is 0 Å². The molecule has 0 fully saturated rings. The van der Waals surface area contributed by atoms with E-state index in [2.05, 4.69) is 262 Å². The van der Waals surface area contributed by atoms with Gasteiger partial charge in [0, 0.05) is 0 Å². The second kappa shape index (κ2) is 15.6. The number of nitrogens with zero attached hydrogens (tertiary/aromatic N) is 4. The summed E-state index contributed by atoms with van der Waals surface area (Å²) >= 11 is 0.00546. The van der Waals surface area contributed by atoms with E-state index in [1.165, 1.54) is 58.4 Å². The zero-order valence-corrected chi connectivity index (χ0v) is 43.0. The first-order chi connectivity index (χ1) is 38.2. The second-order valence-electron chi connectivity index (χ2n) is 20.6. The molecule has 3 aromatic heterocycles. The summed E-state index contributed by atoms with van der Waals surface area (Å²) in [4.78, 5) is 10.2. The van der Waals surface area contributed by atoms with Gasteiger partial charge in [-0.3, -0.25) is 0 Å². The van der Waals surface area contributed by atoms with Crippen LogP contribution in [-0.4, -0.2) is 27.9 Å². The average Bonchev–Trinajstić information content (AvgIpc) is 4.41. The number of rotatable bonds is 4. The second-order valence-corrected chi connectivity index (χ2v) is 22.9. The van der Waals surface area contributed by atoms with Crippen molar-refractivity contribution in [3.8, 4) is 0 Å². The van der Waals surface area contributed by atoms with Gasteiger partial charge in [0.1, 0.15) is 0 Å². The van der Waals surface area contributed by atoms with E-state index in [1.54, 1.807) is 0 Å². The van der Waals surface area contributed by atoms with Crippen LogP contribution in [0.25, 0.3) is 53.5 Å². The van der Waals surface area contributed by atoms with Crippen molar-refractivity contribution in [2.75, 3.05) is 19.6 Å². The molecular formula is C68H40B2N4O2Se. The number of benzene rings is 11. The Bertz CT molecular complexity index is 4810. The summed E-state index contributed by atoms with van der Waals surface area (Å²) in [5.41, 5.74) is 23.6. The number of anilines is 12. The Morgan fingerprint density at radius 1 is 0.299 bits per heavy atom. The van der Waals surface area contributed by atoms with Gasteiger partial charge < -0.3 is 0 Å². The summed E-state index contributed by atoms with van der Waals surface area (Å²) < 4.78 is 16.9. The number of hydrogen-bond acceptors (Lipinski definition) is 6. The predicted octanol–water partition coefficient (Wildman–Crippen LogP) is 13.9. The van der Waals surface area contributed by atoms with Crippen molar-refractivity contribution in [3.63, 3.8) is 0 Å². The van der Waals surface area contributed by atoms with Crippen molar-refractivity contribution < 1.29 is 8.83 Å². The van der Waals surface area contributed by atoms with E-state index in [9.17, 15) is 0 Å². The molecule has 0 amide bonds. The first-order valence-electron chi connectivity index (χ1n) is 26.4. The molecule has 11 aromatic carbocycles. The molecule has 14 aromatic rings. The van der Waals surface area contributed by atoms with Gasteiger partial charge in [-0.1, -0.05) is 12.1 Å². The van der Waals surface area contributed by atoms with Crippen LogP contribution in [0.15, 0.2) is 251 Å². The van der Waals surface area contributed by atoms with Gasteiger partial charge in [-0.15, -0.1) is 0 Å². The molecule has 0 aliphatic carbocycles. The monoisotopic (exact) mass is 1050 g/mol. The molecule has 18 rings (SSSR count). The van der Waals surface area contributed by atoms with Crippen molar-refractivity contribution in [2.45, 2.75) is 0 Å². The van der Waals surface area contributed by atoms with E-state index in [0.29, 0.717) is 0 Å². The van der Waals surface area contributed by atoms with E-state index in [-0.39, 0.29) is 27.9 Å². The molecule has 0 N–H and O–H groups in total. The zero-order chi connectivity index (χ0) is 50.0. The van der Waals surface area contributed by atoms with Crippen LogP contribution < -0.4 is 51.3 Å². The molecule has 0 bridgehead atoms. The molecular weight excluding hydrogens is 1010 g/mol. The van der Waals surface area contributed by atoms with Gasteiger partial charge in [0.25, 0.3) is 0 Å². The van der Waals surface area contributed by atoms with E-state index >= 15 is 0 Å². The van der Waals surface area contributed by atoms with Crippen LogP contribution in [0.5, 0.6) is 0 Å². The van der Waals surface area contributed by atoms with Gasteiger partial charge in [-0.05, 0) is 0 Å². The van der Waals surface area contributed by atoms with E-state index in [4.69, 9.17) is 8.83 Å². The Hall–Kier alpha value is -9.39. The van der Waals surface area contributed by atoms with Gasteiger partial charge in [0.15, 0.2) is 0 Å². The Morgan fingerprint density at radius 3 is 1.32 bits per heavy atom. The number of furan rings is 2. The van der Waals surface area contributed by atoms with Gasteiger partial charge >= 0.3 is 440 Å². The van der Waals surface area contributed by atoms with Crippen LogP contribution in [0.1, 0.15) is 0 Å². The number of para-hydroxylation sites is 7. The van der Waals surface area contributed by atoms with Crippen LogP contribution in [0.2, 0.25) is 0 Å². The maximum absolute atomic E-state index is 7.05. The van der Waals surface area contributed by atoms with Crippen LogP contribution in [0.3, 0.4) is 0 Å². The molecule has 9 heteroatoms. The first-order valence-corrected chi connectivity index (χ1v) is 28.1. The van der Waals surface area contributed by atoms with Crippen molar-refractivity contribution in [2.24, 2.45) is 0 Å². The standard InChI is InChI=1S/C68H40B2N4O2Se/c1-5-21-41(22-6-1)71-52-38-53-50(37-49(52)69-48-32-16-17-33-51(48)73(43-25-9-3-10-26-43)66-61-45-29-13-18-34-56(45)75-58(61)39-54(71)63(66)69)70-64-55(72(53)42-23-7-2-8-24-42)40-59-62(46-30-14-19-35-57(46)76-59)67(64)74(44-27-11-4-12-28-44)65-47-31-15-20-36-60(47)77-68(65)70/h1-40H. The number of fused-ring (bicyclic) bond motifs is 18. The molecule has 0 saturated carbocycles. The molecule has 6 nitrogen and oxygen atoms in total. The Labute approximate surface area is 449 Å². The van der Waals surface area contributed by atoms with Gasteiger partial charge in [0.2, 0.25) is 0 Å². The maximum atomic E-state index is 7.05. The third-order valence-electron chi connectivity index (χ3n) is 16.7. The fourth-order valence-electron chi connectivity index (χ4n) is 13.8. The summed E-state index contributed by atoms with van der Waals surface area (Å²) in [6, 6.07) is 89.2. The molecule has 0 atom stereocenters. The van der Waals surface area contributed by atoms with Crippen LogP contribution in [-0.2, 0) is 0 Å². The topological polar surface area (TPSA) is 39.2 Å². The SMILES string of the molecule is c1ccc(N2c3cc4c(cc3B3c5ccccc5N(c5ccccc5)c5c3c2cc2oc3ccccc3c52)B2c3[se]c5ccccc5c3N(c3ccccc3)c3c2c(cc2oc5ccccc5c32)N4c2ccccc2)cc1. The number of hydrogen-bond donors (Lipinski definition) is 0. The van der Waals surface area contributed by atoms with Crippen LogP contribution >= 0.6 is 0 Å². The fraction of sp³-hybridized carbons (Fsp3) is 0. The van der Waals surface area contributed by atoms with Crippen molar-refractivity contribution in [1.82, 2.24) is 0 Å². The normalized spacial score (nSPS) is 13.8. The minimum absolute atomic E-state index is 0.00546. The summed E-state index contributed by atoms with van der Waals surface area (Å²) in [7, 11) is 0. The van der Waals surface area contributed by atoms with Gasteiger partial charge in [-0.25, -0.2) is 0 Å². The first kappa shape index (κ1) is 41.9. The van der Waals surface area contributed by atoms with Crippen molar-refractivity contribution >= 4 is 181 Å². The zero-order valence-electron chi connectivity index (χ0n) is 41.3. The average molecular weight is 1050 g/mol. The van der Waals surface area contributed by atoms with Crippen LogP contribution in [0.4, 0.5) is 68.2 Å². The molecule has 356 valence electrons. The molecule has 77 heavy (non-hydrogen) atoms. The van der Waals surface area contributed by atoms with Crippen molar-refractivity contribution in [1.29, 1.82) is 0 Å². The molecule has 0 radical (unpaired) electrons. The molecule has 0 unspecified atom stereocenters. The van der Waals surface area contributed by atoms with E-state index in [1.807, 2.05) is 0 Å². The Balaban J connectivity index is 1.02. The van der Waals surface area contributed by atoms with Crippen LogP contribution in [0, 0.1) is 0 Å². The molecule has 4 aliphatic rings. The minimum atomic E-state index is -0.134. The Kier molecular flexibility index (Phi) is 8.48. The summed E-state index contributed by atoms with van der Waals surface area (Å²) in [6.45, 7) is -0.211. The Morgan fingerprint density at radius 2 is 0.740 bits per heavy atom. The molecule has 0 saturated heterocycles. The third kappa shape index (κ3) is 5.61. The third-order valence-corrected chi connectivity index (χ3v) is 19.3. The van der Waals surface area contributed by atoms with Gasteiger partial charge in [0.05, 0.1) is 0 Å². The molecule has 7 heterocycles. The molecule has 0 spiro atoms. The van der Waals surface area contributed by atoms with Crippen molar-refractivity contribution in [3.05, 3.63) is 243 Å². The summed E-state index contributed by atoms with van der Waals surface area (Å²) in [5, 5.41) is 5.79. The fourth-order valence-corrected chi connectivity index (χ4v) is 16.6. The predicted molar refractivity (Wildman–Crippen MR) is 323 cm³/mol. The summed E-state index contributed by atoms with van der Waals surface area (Å²) in [5.74, 6) is 0. The van der Waals surface area contributed by atoms with E-state index in [0.717, 1.165) is 95.1 Å². The quantitative estimate of drug-likeness (QED) is 0.164. The van der Waals surface area contributed by atoms with E-state index < -0.39 is 0 Å².